The van der Waals surface area contributed by atoms with Crippen molar-refractivity contribution in [1.29, 1.82) is 0 Å². The quantitative estimate of drug-likeness (QED) is 0.674. The maximum absolute atomic E-state index is 6.18. The molecule has 0 saturated heterocycles. The van der Waals surface area contributed by atoms with Gasteiger partial charge in [-0.15, -0.1) is 11.6 Å². The van der Waals surface area contributed by atoms with Gasteiger partial charge in [-0.05, 0) is 23.6 Å². The fraction of sp³-hybridized carbons (Fsp3) is 0.294. The highest BCUT2D eigenvalue weighted by molar-refractivity contribution is 6.17. The molecule has 2 aromatic carbocycles. The lowest BCUT2D eigenvalue weighted by atomic mass is 10.1. The molecule has 19 heavy (non-hydrogen) atoms. The number of hydrogen-bond donors (Lipinski definition) is 0. The zero-order chi connectivity index (χ0) is 13.5. The van der Waals surface area contributed by atoms with Crippen molar-refractivity contribution in [2.45, 2.75) is 25.9 Å². The van der Waals surface area contributed by atoms with E-state index in [1.165, 1.54) is 11.1 Å². The van der Waals surface area contributed by atoms with Gasteiger partial charge in [0.1, 0.15) is 11.9 Å². The van der Waals surface area contributed by atoms with E-state index in [1.807, 2.05) is 36.4 Å². The molecule has 0 bridgehead atoms. The van der Waals surface area contributed by atoms with Crippen molar-refractivity contribution in [3.8, 4) is 5.75 Å². The third-order valence-corrected chi connectivity index (χ3v) is 3.38. The van der Waals surface area contributed by atoms with E-state index in [2.05, 4.69) is 25.1 Å². The molecular weight excluding hydrogens is 256 g/mol. The molecule has 2 rings (SSSR count). The Kier molecular flexibility index (Phi) is 5.29. The first-order valence-corrected chi connectivity index (χ1v) is 7.24. The molecule has 1 unspecified atom stereocenters. The smallest absolute Gasteiger partial charge is 0.125 e. The molecule has 1 atom stereocenters. The van der Waals surface area contributed by atoms with Crippen LogP contribution in [0.3, 0.4) is 0 Å². The van der Waals surface area contributed by atoms with Crippen molar-refractivity contribution in [2.75, 3.05) is 5.88 Å². The summed E-state index contributed by atoms with van der Waals surface area (Å²) in [6.45, 7) is 2.14. The lowest BCUT2D eigenvalue weighted by Gasteiger charge is -2.20. The zero-order valence-corrected chi connectivity index (χ0v) is 11.9. The summed E-state index contributed by atoms with van der Waals surface area (Å²) in [4.78, 5) is 0. The summed E-state index contributed by atoms with van der Waals surface area (Å²) in [5.74, 6) is 1.55. The maximum Gasteiger partial charge on any atom is 0.125 e. The minimum absolute atomic E-state index is 0.0198. The Morgan fingerprint density at radius 2 is 1.68 bits per heavy atom. The number of aryl methyl sites for hydroxylation is 1. The number of halogens is 1. The van der Waals surface area contributed by atoms with E-state index in [1.54, 1.807) is 0 Å². The molecule has 0 saturated carbocycles. The number of benzene rings is 2. The van der Waals surface area contributed by atoms with Gasteiger partial charge in [0, 0.05) is 12.3 Å². The average Bonchev–Trinajstić information content (AvgIpc) is 2.48. The highest BCUT2D eigenvalue weighted by Crippen LogP contribution is 2.28. The topological polar surface area (TPSA) is 9.23 Å². The van der Waals surface area contributed by atoms with Crippen molar-refractivity contribution in [1.82, 2.24) is 0 Å². The summed E-state index contributed by atoms with van der Waals surface area (Å²) in [5, 5.41) is 0. The second-order valence-electron chi connectivity index (χ2n) is 4.46. The standard InChI is InChI=1S/C17H19ClO/c1-2-14-8-6-7-11-16(14)19-17(12-13-18)15-9-4-3-5-10-15/h3-11,17H,2,12-13H2,1H3. The highest BCUT2D eigenvalue weighted by Gasteiger charge is 2.13. The van der Waals surface area contributed by atoms with Crippen LogP contribution in [-0.4, -0.2) is 5.88 Å². The normalized spacial score (nSPS) is 12.1. The molecule has 0 N–H and O–H groups in total. The van der Waals surface area contributed by atoms with E-state index in [0.717, 1.165) is 18.6 Å². The lowest BCUT2D eigenvalue weighted by molar-refractivity contribution is 0.200. The van der Waals surface area contributed by atoms with Crippen LogP contribution in [0, 0.1) is 0 Å². The van der Waals surface area contributed by atoms with Crippen LogP contribution in [0.15, 0.2) is 54.6 Å². The number of ether oxygens (including phenoxy) is 1. The van der Waals surface area contributed by atoms with Crippen molar-refractivity contribution < 1.29 is 4.74 Å². The van der Waals surface area contributed by atoms with Crippen LogP contribution >= 0.6 is 11.6 Å². The predicted octanol–water partition coefficient (Wildman–Crippen LogP) is 5.00. The summed E-state index contributed by atoms with van der Waals surface area (Å²) < 4.78 is 6.18. The molecule has 0 aliphatic rings. The Hall–Kier alpha value is -1.47. The largest absolute Gasteiger partial charge is 0.485 e. The van der Waals surface area contributed by atoms with Crippen LogP contribution in [-0.2, 0) is 6.42 Å². The molecule has 1 nitrogen and oxygen atoms in total. The third-order valence-electron chi connectivity index (χ3n) is 3.17. The summed E-state index contributed by atoms with van der Waals surface area (Å²) in [5.41, 5.74) is 2.41. The van der Waals surface area contributed by atoms with Gasteiger partial charge in [0.05, 0.1) is 0 Å². The fourth-order valence-corrected chi connectivity index (χ4v) is 2.32. The zero-order valence-electron chi connectivity index (χ0n) is 11.2. The van der Waals surface area contributed by atoms with Gasteiger partial charge in [0.25, 0.3) is 0 Å². The Bertz CT molecular complexity index is 496. The lowest BCUT2D eigenvalue weighted by Crippen LogP contribution is -2.09. The van der Waals surface area contributed by atoms with Gasteiger partial charge < -0.3 is 4.74 Å². The van der Waals surface area contributed by atoms with E-state index >= 15 is 0 Å². The van der Waals surface area contributed by atoms with Crippen molar-refractivity contribution >= 4 is 11.6 Å². The van der Waals surface area contributed by atoms with Gasteiger partial charge in [0.2, 0.25) is 0 Å². The summed E-state index contributed by atoms with van der Waals surface area (Å²) in [6.07, 6.45) is 1.80. The highest BCUT2D eigenvalue weighted by atomic mass is 35.5. The molecular formula is C17H19ClO. The molecule has 0 aliphatic carbocycles. The van der Waals surface area contributed by atoms with E-state index in [0.29, 0.717) is 5.88 Å². The summed E-state index contributed by atoms with van der Waals surface area (Å²) >= 11 is 5.91. The number of hydrogen-bond acceptors (Lipinski definition) is 1. The molecule has 0 radical (unpaired) electrons. The summed E-state index contributed by atoms with van der Waals surface area (Å²) in [7, 11) is 0. The molecule has 0 spiro atoms. The molecule has 0 aliphatic heterocycles. The van der Waals surface area contributed by atoms with E-state index in [4.69, 9.17) is 16.3 Å². The van der Waals surface area contributed by atoms with Crippen LogP contribution in [0.2, 0.25) is 0 Å². The Balaban J connectivity index is 2.21. The van der Waals surface area contributed by atoms with Gasteiger partial charge in [-0.2, -0.15) is 0 Å². The maximum atomic E-state index is 6.18. The minimum Gasteiger partial charge on any atom is -0.485 e. The molecule has 2 aromatic rings. The Morgan fingerprint density at radius 3 is 2.37 bits per heavy atom. The fourth-order valence-electron chi connectivity index (χ4n) is 2.12. The van der Waals surface area contributed by atoms with Crippen LogP contribution in [0.1, 0.15) is 30.6 Å². The van der Waals surface area contributed by atoms with E-state index < -0.39 is 0 Å². The van der Waals surface area contributed by atoms with Crippen LogP contribution in [0.4, 0.5) is 0 Å². The van der Waals surface area contributed by atoms with E-state index in [-0.39, 0.29) is 6.10 Å². The number of rotatable bonds is 6. The Labute approximate surface area is 120 Å². The first-order valence-electron chi connectivity index (χ1n) is 6.70. The van der Waals surface area contributed by atoms with Gasteiger partial charge >= 0.3 is 0 Å². The summed E-state index contributed by atoms with van der Waals surface area (Å²) in [6, 6.07) is 18.5. The third kappa shape index (κ3) is 3.74. The van der Waals surface area contributed by atoms with Gasteiger partial charge in [-0.25, -0.2) is 0 Å². The average molecular weight is 275 g/mol. The van der Waals surface area contributed by atoms with Gasteiger partial charge in [-0.1, -0.05) is 55.5 Å². The van der Waals surface area contributed by atoms with Crippen LogP contribution in [0.25, 0.3) is 0 Å². The van der Waals surface area contributed by atoms with E-state index in [9.17, 15) is 0 Å². The molecule has 0 fully saturated rings. The first kappa shape index (κ1) is 14.0. The van der Waals surface area contributed by atoms with Crippen molar-refractivity contribution in [3.05, 3.63) is 65.7 Å². The minimum atomic E-state index is 0.0198. The molecule has 0 aromatic heterocycles. The van der Waals surface area contributed by atoms with Crippen molar-refractivity contribution in [2.24, 2.45) is 0 Å². The SMILES string of the molecule is CCc1ccccc1OC(CCCl)c1ccccc1. The monoisotopic (exact) mass is 274 g/mol. The predicted molar refractivity (Wildman–Crippen MR) is 81.0 cm³/mol. The van der Waals surface area contributed by atoms with Crippen LogP contribution in [0.5, 0.6) is 5.75 Å². The van der Waals surface area contributed by atoms with Gasteiger partial charge in [-0.3, -0.25) is 0 Å². The van der Waals surface area contributed by atoms with Gasteiger partial charge in [0.15, 0.2) is 0 Å². The Morgan fingerprint density at radius 1 is 1.00 bits per heavy atom. The molecule has 2 heteroatoms. The molecule has 100 valence electrons. The second-order valence-corrected chi connectivity index (χ2v) is 4.83. The van der Waals surface area contributed by atoms with Crippen molar-refractivity contribution in [3.63, 3.8) is 0 Å². The first-order chi connectivity index (χ1) is 9.35. The second kappa shape index (κ2) is 7.20. The molecule has 0 amide bonds. The molecule has 0 heterocycles. The number of para-hydroxylation sites is 1. The number of alkyl halides is 1. The van der Waals surface area contributed by atoms with Crippen LogP contribution < -0.4 is 4.74 Å².